The molecule has 1 saturated carbocycles. The summed E-state index contributed by atoms with van der Waals surface area (Å²) in [5.74, 6) is -2.92. The van der Waals surface area contributed by atoms with Gasteiger partial charge < -0.3 is 9.90 Å². The third kappa shape index (κ3) is 4.16. The smallest absolute Gasteiger partial charge is 0.550 e. The summed E-state index contributed by atoms with van der Waals surface area (Å²) in [4.78, 5) is 22.7. The van der Waals surface area contributed by atoms with Crippen molar-refractivity contribution >= 4 is 11.8 Å². The number of aliphatic carboxylic acids is 1. The van der Waals surface area contributed by atoms with Gasteiger partial charge in [0.1, 0.15) is 5.78 Å². The molecule has 1 aromatic carbocycles. The second kappa shape index (κ2) is 7.22. The summed E-state index contributed by atoms with van der Waals surface area (Å²) in [5, 5.41) is 11.0. The number of carbonyl (C=O) groups excluding carboxylic acids is 2. The molecule has 0 amide bonds. The molecule has 1 fully saturated rings. The van der Waals surface area contributed by atoms with Gasteiger partial charge in [0.2, 0.25) is 0 Å². The van der Waals surface area contributed by atoms with Crippen molar-refractivity contribution in [2.45, 2.75) is 38.5 Å². The van der Waals surface area contributed by atoms with Gasteiger partial charge in [0.15, 0.2) is 0 Å². The van der Waals surface area contributed by atoms with Crippen LogP contribution in [-0.2, 0) is 16.0 Å². The molecule has 0 spiro atoms. The molecule has 0 saturated heterocycles. The number of benzene rings is 1. The molecule has 2 unspecified atom stereocenters. The first-order valence-electron chi connectivity index (χ1n) is 7.61. The molecule has 19 heavy (non-hydrogen) atoms. The Hall–Kier alpha value is -0.640. The fraction of sp³-hybridized carbons (Fsp3) is 0.467. The fourth-order valence-corrected chi connectivity index (χ4v) is 2.37. The molecular formula is C15H17NaO3. The Bertz CT molecular complexity index is 540. The van der Waals surface area contributed by atoms with E-state index < -0.39 is 18.7 Å². The summed E-state index contributed by atoms with van der Waals surface area (Å²) in [6.07, 6.45) is 3.07. The van der Waals surface area contributed by atoms with Crippen molar-refractivity contribution in [2.24, 2.45) is 5.92 Å². The van der Waals surface area contributed by atoms with Gasteiger partial charge in [0.25, 0.3) is 0 Å². The minimum atomic E-state index is -2.64. The minimum absolute atomic E-state index is 0. The molecule has 1 aliphatic rings. The summed E-state index contributed by atoms with van der Waals surface area (Å²) in [6, 6.07) is 6.40. The number of hydrogen-bond donors (Lipinski definition) is 0. The van der Waals surface area contributed by atoms with Gasteiger partial charge >= 0.3 is 29.6 Å². The molecular weight excluding hydrogens is 251 g/mol. The summed E-state index contributed by atoms with van der Waals surface area (Å²) in [5.41, 5.74) is 1.12. The van der Waals surface area contributed by atoms with Crippen molar-refractivity contribution in [3.63, 3.8) is 0 Å². The van der Waals surface area contributed by atoms with Gasteiger partial charge in [-0.3, -0.25) is 4.79 Å². The topological polar surface area (TPSA) is 57.2 Å². The van der Waals surface area contributed by atoms with E-state index in [9.17, 15) is 14.7 Å². The van der Waals surface area contributed by atoms with Gasteiger partial charge in [-0.2, -0.15) is 0 Å². The molecule has 2 rings (SSSR count). The Morgan fingerprint density at radius 3 is 2.63 bits per heavy atom. The fourth-order valence-electron chi connectivity index (χ4n) is 2.37. The number of rotatable bonds is 4. The van der Waals surface area contributed by atoms with E-state index in [0.29, 0.717) is 12.8 Å². The Kier molecular flexibility index (Phi) is 4.61. The molecule has 4 heteroatoms. The van der Waals surface area contributed by atoms with Crippen LogP contribution in [-0.4, -0.2) is 11.8 Å². The van der Waals surface area contributed by atoms with Crippen molar-refractivity contribution in [1.82, 2.24) is 0 Å². The van der Waals surface area contributed by atoms with Gasteiger partial charge in [-0.1, -0.05) is 31.1 Å². The van der Waals surface area contributed by atoms with Crippen LogP contribution in [0, 0.1) is 5.92 Å². The molecule has 0 radical (unpaired) electrons. The molecule has 1 aliphatic carbocycles. The molecule has 2 atom stereocenters. The normalized spacial score (nSPS) is 22.8. The number of Topliss-reactive ketones (excluding diaryl/α,β-unsaturated/α-hetero) is 1. The number of ketones is 1. The predicted octanol–water partition coefficient (Wildman–Crippen LogP) is -1.54. The Morgan fingerprint density at radius 2 is 2.16 bits per heavy atom. The summed E-state index contributed by atoms with van der Waals surface area (Å²) >= 11 is 0. The van der Waals surface area contributed by atoms with Crippen molar-refractivity contribution < 1.29 is 48.4 Å². The van der Waals surface area contributed by atoms with Crippen molar-refractivity contribution in [1.29, 1.82) is 0 Å². The number of carboxylic acid groups (broad SMARTS) is 1. The van der Waals surface area contributed by atoms with Crippen LogP contribution in [0.1, 0.15) is 47.3 Å². The Morgan fingerprint density at radius 1 is 1.47 bits per heavy atom. The molecule has 0 aliphatic heterocycles. The van der Waals surface area contributed by atoms with E-state index in [2.05, 4.69) is 0 Å². The van der Waals surface area contributed by atoms with Crippen LogP contribution >= 0.6 is 0 Å². The third-order valence-corrected chi connectivity index (χ3v) is 3.46. The largest absolute Gasteiger partial charge is 1.00 e. The van der Waals surface area contributed by atoms with E-state index >= 15 is 0 Å². The predicted molar refractivity (Wildman–Crippen MR) is 65.9 cm³/mol. The van der Waals surface area contributed by atoms with Crippen LogP contribution in [0.15, 0.2) is 24.3 Å². The Balaban J connectivity index is 0.00000242. The van der Waals surface area contributed by atoms with E-state index in [1.54, 1.807) is 12.1 Å². The van der Waals surface area contributed by atoms with Gasteiger partial charge in [-0.05, 0) is 30.4 Å². The summed E-state index contributed by atoms with van der Waals surface area (Å²) in [7, 11) is 0. The standard InChI is InChI=1S/C15H18O3.Na/c1-10(15(17)18)12-7-5-11(6-8-12)9-13-3-2-4-14(13)16;/h5-8,10,13H,2-4,9H2,1H3,(H,17,18);/q;+1/p-1/i1D3;. The van der Waals surface area contributed by atoms with E-state index in [4.69, 9.17) is 4.11 Å². The van der Waals surface area contributed by atoms with Gasteiger partial charge in [0.05, 0.1) is 0 Å². The first-order valence-corrected chi connectivity index (χ1v) is 6.11. The number of carbonyl (C=O) groups is 2. The van der Waals surface area contributed by atoms with E-state index in [0.717, 1.165) is 18.4 Å². The molecule has 0 N–H and O–H groups in total. The maximum absolute atomic E-state index is 11.6. The second-order valence-corrected chi connectivity index (χ2v) is 4.75. The average molecular weight is 271 g/mol. The number of carboxylic acids is 1. The van der Waals surface area contributed by atoms with Crippen molar-refractivity contribution in [2.75, 3.05) is 0 Å². The van der Waals surface area contributed by atoms with Crippen molar-refractivity contribution in [3.8, 4) is 0 Å². The van der Waals surface area contributed by atoms with E-state index in [1.165, 1.54) is 12.1 Å². The molecule has 1 aromatic rings. The monoisotopic (exact) mass is 271 g/mol. The Labute approximate surface area is 139 Å². The quantitative estimate of drug-likeness (QED) is 0.623. The van der Waals surface area contributed by atoms with Crippen molar-refractivity contribution in [3.05, 3.63) is 35.4 Å². The summed E-state index contributed by atoms with van der Waals surface area (Å²) < 4.78 is 21.9. The second-order valence-electron chi connectivity index (χ2n) is 4.75. The molecule has 0 aromatic heterocycles. The zero-order valence-electron chi connectivity index (χ0n) is 14.0. The van der Waals surface area contributed by atoms with Gasteiger partial charge in [-0.25, -0.2) is 0 Å². The van der Waals surface area contributed by atoms with Gasteiger partial charge in [0, 0.05) is 28.3 Å². The van der Waals surface area contributed by atoms with Crippen LogP contribution in [0.5, 0.6) is 0 Å². The van der Waals surface area contributed by atoms with E-state index in [1.807, 2.05) is 0 Å². The van der Waals surface area contributed by atoms with Crippen LogP contribution in [0.3, 0.4) is 0 Å². The zero-order chi connectivity index (χ0) is 15.6. The first kappa shape index (κ1) is 12.1. The zero-order valence-corrected chi connectivity index (χ0v) is 13.0. The molecule has 0 heterocycles. The average Bonchev–Trinajstić information content (AvgIpc) is 2.75. The van der Waals surface area contributed by atoms with Crippen LogP contribution in [0.4, 0.5) is 0 Å². The SMILES string of the molecule is [2H]C([2H])([2H])C(C(=O)[O-])c1ccc(CC2CCCC2=O)cc1.[Na+]. The van der Waals surface area contributed by atoms with Crippen LogP contribution in [0.2, 0.25) is 0 Å². The maximum atomic E-state index is 11.6. The molecule has 3 nitrogen and oxygen atoms in total. The maximum Gasteiger partial charge on any atom is 1.00 e. The summed E-state index contributed by atoms with van der Waals surface area (Å²) in [6.45, 7) is -2.64. The van der Waals surface area contributed by atoms with E-state index in [-0.39, 0.29) is 46.8 Å². The molecule has 0 bridgehead atoms. The number of hydrogen-bond acceptors (Lipinski definition) is 3. The minimum Gasteiger partial charge on any atom is -0.550 e. The van der Waals surface area contributed by atoms with Crippen LogP contribution < -0.4 is 34.7 Å². The third-order valence-electron chi connectivity index (χ3n) is 3.46. The van der Waals surface area contributed by atoms with Crippen LogP contribution in [0.25, 0.3) is 0 Å². The molecule has 96 valence electrons. The van der Waals surface area contributed by atoms with Gasteiger partial charge in [-0.15, -0.1) is 0 Å². The first-order chi connectivity index (χ1) is 9.79.